The van der Waals surface area contributed by atoms with Crippen LogP contribution in [0.25, 0.3) is 0 Å². The Kier molecular flexibility index (Phi) is 6.66. The summed E-state index contributed by atoms with van der Waals surface area (Å²) < 4.78 is 5.64. The van der Waals surface area contributed by atoms with Crippen LogP contribution in [0.15, 0.2) is 18.2 Å². The van der Waals surface area contributed by atoms with E-state index in [1.807, 2.05) is 6.92 Å². The highest BCUT2D eigenvalue weighted by atomic mass is 16.5. The van der Waals surface area contributed by atoms with Gasteiger partial charge in [0.1, 0.15) is 6.61 Å². The van der Waals surface area contributed by atoms with E-state index in [-0.39, 0.29) is 23.9 Å². The largest absolute Gasteiger partial charge is 0.464 e. The van der Waals surface area contributed by atoms with E-state index >= 15 is 0 Å². The molecule has 168 valence electrons. The number of carbonyl (C=O) groups is 1. The maximum absolute atomic E-state index is 13.3. The molecule has 3 N–H and O–H groups in total. The Balaban J connectivity index is 1.87. The molecule has 2 aliphatic carbocycles. The highest BCUT2D eigenvalue weighted by molar-refractivity contribution is 5.77. The van der Waals surface area contributed by atoms with Crippen LogP contribution in [0, 0.1) is 16.7 Å². The average Bonchev–Trinajstić information content (AvgIpc) is 2.74. The van der Waals surface area contributed by atoms with Gasteiger partial charge >= 0.3 is 5.97 Å². The maximum Gasteiger partial charge on any atom is 0.312 e. The summed E-state index contributed by atoms with van der Waals surface area (Å²) in [6.45, 7) is 7.27. The third kappa shape index (κ3) is 3.80. The van der Waals surface area contributed by atoms with Crippen LogP contribution in [0.2, 0.25) is 0 Å². The first-order valence-corrected chi connectivity index (χ1v) is 11.3. The van der Waals surface area contributed by atoms with E-state index in [1.54, 1.807) is 0 Å². The summed E-state index contributed by atoms with van der Waals surface area (Å²) in [4.78, 5) is 13.3. The van der Waals surface area contributed by atoms with Gasteiger partial charge in [-0.2, -0.15) is 0 Å². The van der Waals surface area contributed by atoms with Crippen LogP contribution in [0.5, 0.6) is 0 Å². The van der Waals surface area contributed by atoms with Gasteiger partial charge in [-0.15, -0.1) is 0 Å². The standard InChI is InChI=1S/C25H38O5/c1-17(2)18-6-8-20-19(12-18)7-9-21-23(20,3)10-5-11-24(21,4)22(29)30-16-25(13-26,14-27)15-28/h6,8,12,17,21,26-28H,5,7,9-11,13-16H2,1-4H3/t21-,23-,24-/m1/s1. The van der Waals surface area contributed by atoms with Crippen molar-refractivity contribution in [3.63, 3.8) is 0 Å². The van der Waals surface area contributed by atoms with Gasteiger partial charge in [0.05, 0.1) is 30.7 Å². The van der Waals surface area contributed by atoms with Crippen molar-refractivity contribution in [2.24, 2.45) is 16.7 Å². The van der Waals surface area contributed by atoms with Crippen LogP contribution in [0.4, 0.5) is 0 Å². The zero-order valence-corrected chi connectivity index (χ0v) is 18.9. The predicted octanol–water partition coefficient (Wildman–Crippen LogP) is 3.33. The molecule has 0 spiro atoms. The number of fused-ring (bicyclic) bond motifs is 3. The van der Waals surface area contributed by atoms with Crippen LogP contribution in [0.1, 0.15) is 76.0 Å². The van der Waals surface area contributed by atoms with Crippen molar-refractivity contribution in [1.82, 2.24) is 0 Å². The molecule has 1 aromatic rings. The van der Waals surface area contributed by atoms with Crippen molar-refractivity contribution in [3.8, 4) is 0 Å². The Bertz CT molecular complexity index is 761. The van der Waals surface area contributed by atoms with Gasteiger partial charge in [0.25, 0.3) is 0 Å². The summed E-state index contributed by atoms with van der Waals surface area (Å²) in [7, 11) is 0. The van der Waals surface area contributed by atoms with E-state index in [9.17, 15) is 20.1 Å². The second-order valence-corrected chi connectivity index (χ2v) is 10.4. The Labute approximate surface area is 180 Å². The molecular formula is C25H38O5. The van der Waals surface area contributed by atoms with Crippen molar-refractivity contribution in [1.29, 1.82) is 0 Å². The molecule has 3 atom stereocenters. The number of hydrogen-bond donors (Lipinski definition) is 3. The summed E-state index contributed by atoms with van der Waals surface area (Å²) in [5, 5.41) is 28.7. The fourth-order valence-electron chi connectivity index (χ4n) is 5.79. The van der Waals surface area contributed by atoms with Crippen LogP contribution < -0.4 is 0 Å². The van der Waals surface area contributed by atoms with E-state index in [4.69, 9.17) is 4.74 Å². The molecule has 5 nitrogen and oxygen atoms in total. The summed E-state index contributed by atoms with van der Waals surface area (Å²) in [5.74, 6) is 0.396. The molecule has 1 fully saturated rings. The summed E-state index contributed by atoms with van der Waals surface area (Å²) in [6.07, 6.45) is 4.70. The topological polar surface area (TPSA) is 87.0 Å². The molecule has 1 saturated carbocycles. The van der Waals surface area contributed by atoms with Gasteiger partial charge < -0.3 is 20.1 Å². The van der Waals surface area contributed by atoms with Crippen molar-refractivity contribution in [2.75, 3.05) is 26.4 Å². The van der Waals surface area contributed by atoms with Gasteiger partial charge in [-0.05, 0) is 66.5 Å². The number of aliphatic hydroxyl groups excluding tert-OH is 3. The number of aryl methyl sites for hydroxylation is 1. The average molecular weight is 419 g/mol. The Hall–Kier alpha value is -1.43. The van der Waals surface area contributed by atoms with Gasteiger partial charge in [0.15, 0.2) is 0 Å². The molecule has 0 unspecified atom stereocenters. The molecule has 0 saturated heterocycles. The van der Waals surface area contributed by atoms with Gasteiger partial charge in [0.2, 0.25) is 0 Å². The Morgan fingerprint density at radius 3 is 2.43 bits per heavy atom. The van der Waals surface area contributed by atoms with E-state index in [0.29, 0.717) is 5.92 Å². The lowest BCUT2D eigenvalue weighted by Gasteiger charge is -2.54. The molecule has 1 aromatic carbocycles. The third-order valence-electron chi connectivity index (χ3n) is 8.03. The van der Waals surface area contributed by atoms with Gasteiger partial charge in [-0.25, -0.2) is 0 Å². The molecule has 0 bridgehead atoms. The van der Waals surface area contributed by atoms with Crippen molar-refractivity contribution >= 4 is 5.97 Å². The number of benzene rings is 1. The zero-order chi connectivity index (χ0) is 22.2. The van der Waals surface area contributed by atoms with Crippen LogP contribution in [0.3, 0.4) is 0 Å². The lowest BCUT2D eigenvalue weighted by atomic mass is 9.49. The van der Waals surface area contributed by atoms with Crippen LogP contribution >= 0.6 is 0 Å². The molecule has 5 heteroatoms. The Morgan fingerprint density at radius 2 is 1.83 bits per heavy atom. The summed E-state index contributed by atoms with van der Waals surface area (Å²) in [5.41, 5.74) is 2.26. The molecule has 0 heterocycles. The maximum atomic E-state index is 13.3. The smallest absolute Gasteiger partial charge is 0.312 e. The second-order valence-electron chi connectivity index (χ2n) is 10.4. The van der Waals surface area contributed by atoms with Crippen molar-refractivity contribution in [3.05, 3.63) is 34.9 Å². The summed E-state index contributed by atoms with van der Waals surface area (Å²) in [6, 6.07) is 6.87. The quantitative estimate of drug-likeness (QED) is 0.591. The molecule has 0 aliphatic heterocycles. The zero-order valence-electron chi connectivity index (χ0n) is 18.9. The molecule has 2 aliphatic rings. The number of esters is 1. The minimum atomic E-state index is -1.20. The number of hydrogen-bond acceptors (Lipinski definition) is 5. The first-order valence-electron chi connectivity index (χ1n) is 11.3. The number of rotatable bonds is 7. The van der Waals surface area contributed by atoms with E-state index in [2.05, 4.69) is 39.0 Å². The van der Waals surface area contributed by atoms with E-state index in [0.717, 1.165) is 32.1 Å². The fourth-order valence-corrected chi connectivity index (χ4v) is 5.79. The molecule has 0 radical (unpaired) electrons. The normalized spacial score (nSPS) is 28.7. The molecule has 0 aromatic heterocycles. The number of ether oxygens (including phenoxy) is 1. The predicted molar refractivity (Wildman–Crippen MR) is 116 cm³/mol. The molecule has 3 rings (SSSR count). The first-order chi connectivity index (χ1) is 14.2. The van der Waals surface area contributed by atoms with Crippen molar-refractivity contribution in [2.45, 2.75) is 71.1 Å². The third-order valence-corrected chi connectivity index (χ3v) is 8.03. The van der Waals surface area contributed by atoms with Crippen LogP contribution in [-0.2, 0) is 21.4 Å². The van der Waals surface area contributed by atoms with E-state index < -0.39 is 30.7 Å². The monoisotopic (exact) mass is 418 g/mol. The van der Waals surface area contributed by atoms with E-state index in [1.165, 1.54) is 16.7 Å². The lowest BCUT2D eigenvalue weighted by Crippen LogP contribution is -2.53. The molecule has 30 heavy (non-hydrogen) atoms. The molecular weight excluding hydrogens is 380 g/mol. The van der Waals surface area contributed by atoms with Gasteiger partial charge in [-0.3, -0.25) is 4.79 Å². The SMILES string of the molecule is CC(C)c1ccc2c(c1)CC[C@H]1[C@](C)(C(=O)OCC(CO)(CO)CO)CCC[C@]21C. The minimum absolute atomic E-state index is 0.0723. The highest BCUT2D eigenvalue weighted by Crippen LogP contribution is 2.57. The highest BCUT2D eigenvalue weighted by Gasteiger charge is 2.56. The van der Waals surface area contributed by atoms with Crippen molar-refractivity contribution < 1.29 is 24.9 Å². The lowest BCUT2D eigenvalue weighted by molar-refractivity contribution is -0.171. The summed E-state index contributed by atoms with van der Waals surface area (Å²) >= 11 is 0. The Morgan fingerprint density at radius 1 is 1.17 bits per heavy atom. The molecule has 0 amide bonds. The van der Waals surface area contributed by atoms with Gasteiger partial charge in [-0.1, -0.05) is 45.4 Å². The minimum Gasteiger partial charge on any atom is -0.464 e. The first kappa shape index (κ1) is 23.2. The fraction of sp³-hybridized carbons (Fsp3) is 0.720. The van der Waals surface area contributed by atoms with Gasteiger partial charge in [0, 0.05) is 0 Å². The van der Waals surface area contributed by atoms with Crippen LogP contribution in [-0.4, -0.2) is 47.7 Å². The number of carbonyl (C=O) groups excluding carboxylic acids is 1. The number of aliphatic hydroxyl groups is 3. The second kappa shape index (κ2) is 8.60.